The highest BCUT2D eigenvalue weighted by Gasteiger charge is 2.33. The van der Waals surface area contributed by atoms with E-state index in [0.29, 0.717) is 6.42 Å². The topological polar surface area (TPSA) is 84.9 Å². The summed E-state index contributed by atoms with van der Waals surface area (Å²) in [6, 6.07) is -1.70. The Hall–Kier alpha value is -1.63. The van der Waals surface area contributed by atoms with Gasteiger partial charge in [-0.25, -0.2) is 14.4 Å². The van der Waals surface area contributed by atoms with Gasteiger partial charge in [-0.2, -0.15) is 0 Å². The molecule has 1 N–H and O–H groups in total. The van der Waals surface area contributed by atoms with Crippen LogP contribution in [0.25, 0.3) is 0 Å². The second-order valence-corrected chi connectivity index (χ2v) is 6.90. The molecule has 0 heterocycles. The summed E-state index contributed by atoms with van der Waals surface area (Å²) in [5.74, 6) is -1.48. The van der Waals surface area contributed by atoms with Crippen molar-refractivity contribution in [3.63, 3.8) is 0 Å². The van der Waals surface area contributed by atoms with Crippen molar-refractivity contribution in [1.29, 1.82) is 0 Å². The third kappa shape index (κ3) is 7.97. The molecule has 0 aromatic carbocycles. The van der Waals surface area contributed by atoms with E-state index in [9.17, 15) is 14.4 Å². The Morgan fingerprint density at radius 2 is 1.74 bits per heavy atom. The molecule has 0 spiro atoms. The van der Waals surface area contributed by atoms with Gasteiger partial charge in [-0.1, -0.05) is 13.8 Å². The van der Waals surface area contributed by atoms with E-state index in [2.05, 4.69) is 5.32 Å². The van der Waals surface area contributed by atoms with Crippen LogP contribution >= 0.6 is 0 Å². The van der Waals surface area contributed by atoms with E-state index in [1.165, 1.54) is 14.0 Å². The summed E-state index contributed by atoms with van der Waals surface area (Å²) < 4.78 is 17.1. The molecular formula is C16H30N2O5. The van der Waals surface area contributed by atoms with Crippen LogP contribution in [0.2, 0.25) is 0 Å². The first-order valence-electron chi connectivity index (χ1n) is 8.33. The third-order valence-electron chi connectivity index (χ3n) is 2.98. The lowest BCUT2D eigenvalue weighted by Gasteiger charge is -2.30. The minimum absolute atomic E-state index is 0.103. The van der Waals surface area contributed by atoms with Gasteiger partial charge in [0.25, 0.3) is 0 Å². The number of likely N-dealkylation sites (N-methyl/N-ethyl adjacent to an activating group) is 2. The number of carbonyl (C=O) groups is 3. The van der Waals surface area contributed by atoms with Gasteiger partial charge >= 0.3 is 18.0 Å². The first-order valence-corrected chi connectivity index (χ1v) is 7.63. The van der Waals surface area contributed by atoms with Crippen molar-refractivity contribution in [3.8, 4) is 0 Å². The highest BCUT2D eigenvalue weighted by atomic mass is 16.6. The lowest BCUT2D eigenvalue weighted by Crippen LogP contribution is -2.47. The van der Waals surface area contributed by atoms with Gasteiger partial charge in [0.1, 0.15) is 17.7 Å². The van der Waals surface area contributed by atoms with Gasteiger partial charge in [-0.15, -0.1) is 0 Å². The van der Waals surface area contributed by atoms with Crippen LogP contribution in [0.5, 0.6) is 0 Å². The zero-order valence-electron chi connectivity index (χ0n) is 16.1. The number of hydrogen-bond donors (Lipinski definition) is 1. The molecule has 134 valence electrons. The Balaban J connectivity index is 5.07. The molecule has 0 radical (unpaired) electrons. The lowest BCUT2D eigenvalue weighted by atomic mass is 10.0. The summed E-state index contributed by atoms with van der Waals surface area (Å²) in [5.41, 5.74) is -0.694. The molecule has 0 fully saturated rings. The summed E-state index contributed by atoms with van der Waals surface area (Å²) in [6.45, 7) is 10.5. The Morgan fingerprint density at radius 3 is 2.17 bits per heavy atom. The van der Waals surface area contributed by atoms with Crippen molar-refractivity contribution >= 4 is 18.0 Å². The van der Waals surface area contributed by atoms with Gasteiger partial charge in [-0.05, 0) is 47.1 Å². The van der Waals surface area contributed by atoms with Gasteiger partial charge in [0.2, 0.25) is 0 Å². The standard InChI is InChI=1S/C16H30N2O5/c1-10(2)9-12(14(20)22-13(19)11(3)17-7)18(8)15(21)23-16(4,5)6/h10-12,17H,9H2,1-8H3/t11-,12-/m0/s1/i7D. The van der Waals surface area contributed by atoms with Crippen LogP contribution in [0.1, 0.15) is 49.3 Å². The predicted octanol–water partition coefficient (Wildman–Crippen LogP) is 1.95. The smallest absolute Gasteiger partial charge is 0.410 e. The van der Waals surface area contributed by atoms with Gasteiger partial charge in [0, 0.05) is 8.42 Å². The number of esters is 2. The van der Waals surface area contributed by atoms with Crippen LogP contribution < -0.4 is 5.32 Å². The lowest BCUT2D eigenvalue weighted by molar-refractivity contribution is -0.164. The minimum Gasteiger partial charge on any atom is -0.444 e. The van der Waals surface area contributed by atoms with E-state index in [1.807, 2.05) is 13.8 Å². The second kappa shape index (κ2) is 8.86. The third-order valence-corrected chi connectivity index (χ3v) is 2.98. The average molecular weight is 331 g/mol. The Morgan fingerprint density at radius 1 is 1.17 bits per heavy atom. The van der Waals surface area contributed by atoms with E-state index in [-0.39, 0.29) is 12.9 Å². The van der Waals surface area contributed by atoms with Crippen LogP contribution in [0.15, 0.2) is 0 Å². The highest BCUT2D eigenvalue weighted by Crippen LogP contribution is 2.16. The largest absolute Gasteiger partial charge is 0.444 e. The minimum atomic E-state index is -0.924. The monoisotopic (exact) mass is 331 g/mol. The molecule has 1 amide bonds. The molecule has 0 saturated heterocycles. The van der Waals surface area contributed by atoms with Gasteiger partial charge in [0.05, 0.1) is 0 Å². The van der Waals surface area contributed by atoms with Gasteiger partial charge in [0.15, 0.2) is 0 Å². The Labute approximate surface area is 140 Å². The number of amides is 1. The predicted molar refractivity (Wildman–Crippen MR) is 86.9 cm³/mol. The van der Waals surface area contributed by atoms with Crippen molar-refractivity contribution in [1.82, 2.24) is 10.2 Å². The molecule has 0 aliphatic carbocycles. The van der Waals surface area contributed by atoms with E-state index in [1.54, 1.807) is 20.8 Å². The number of nitrogens with zero attached hydrogens (tertiary/aromatic N) is 1. The van der Waals surface area contributed by atoms with Crippen molar-refractivity contribution in [2.45, 2.75) is 65.6 Å². The zero-order chi connectivity index (χ0) is 19.1. The van der Waals surface area contributed by atoms with Gasteiger partial charge in [-0.3, -0.25) is 4.90 Å². The van der Waals surface area contributed by atoms with Crippen LogP contribution in [0.3, 0.4) is 0 Å². The maximum Gasteiger partial charge on any atom is 0.410 e. The molecule has 2 atom stereocenters. The summed E-state index contributed by atoms with van der Waals surface area (Å²) in [6.07, 6.45) is -0.322. The normalized spacial score (nSPS) is 14.7. The summed E-state index contributed by atoms with van der Waals surface area (Å²) in [5, 5.41) is 2.55. The molecule has 0 aromatic rings. The number of carbonyl (C=O) groups excluding carboxylic acids is 3. The molecule has 23 heavy (non-hydrogen) atoms. The molecule has 0 unspecified atom stereocenters. The highest BCUT2D eigenvalue weighted by molar-refractivity contribution is 5.92. The van der Waals surface area contributed by atoms with Gasteiger partial charge < -0.3 is 14.8 Å². The fraction of sp³-hybridized carbons (Fsp3) is 0.812. The quantitative estimate of drug-likeness (QED) is 0.591. The number of nitrogens with one attached hydrogen (secondary N) is 1. The maximum atomic E-state index is 12.3. The van der Waals surface area contributed by atoms with E-state index >= 15 is 0 Å². The summed E-state index contributed by atoms with van der Waals surface area (Å²) >= 11 is 0. The first kappa shape index (κ1) is 19.4. The van der Waals surface area contributed by atoms with E-state index < -0.39 is 35.7 Å². The fourth-order valence-corrected chi connectivity index (χ4v) is 1.66. The Kier molecular flexibility index (Phi) is 7.48. The van der Waals surface area contributed by atoms with Crippen molar-refractivity contribution in [2.24, 2.45) is 5.92 Å². The number of ether oxygens (including phenoxy) is 2. The molecule has 0 bridgehead atoms. The van der Waals surface area contributed by atoms with Crippen LogP contribution in [0.4, 0.5) is 4.79 Å². The summed E-state index contributed by atoms with van der Waals surface area (Å²) in [7, 11) is 1.27. The van der Waals surface area contributed by atoms with Crippen molar-refractivity contribution in [3.05, 3.63) is 0 Å². The molecular weight excluding hydrogens is 300 g/mol. The van der Waals surface area contributed by atoms with Crippen molar-refractivity contribution < 1.29 is 25.2 Å². The van der Waals surface area contributed by atoms with Crippen LogP contribution in [0, 0.1) is 5.92 Å². The zero-order valence-corrected chi connectivity index (χ0v) is 15.1. The molecule has 7 nitrogen and oxygen atoms in total. The van der Waals surface area contributed by atoms with E-state index in [0.717, 1.165) is 4.90 Å². The molecule has 0 aromatic heterocycles. The maximum absolute atomic E-state index is 12.3. The van der Waals surface area contributed by atoms with E-state index in [4.69, 9.17) is 10.8 Å². The SMILES string of the molecule is [2H]CN[C@@H](C)C(=O)OC(=O)[C@H](CC(C)C)N(C)C(=O)OC(C)(C)C. The molecule has 0 aliphatic rings. The summed E-state index contributed by atoms with van der Waals surface area (Å²) in [4.78, 5) is 37.5. The second-order valence-electron chi connectivity index (χ2n) is 6.90. The van der Waals surface area contributed by atoms with Crippen molar-refractivity contribution in [2.75, 3.05) is 14.1 Å². The molecule has 0 aliphatic heterocycles. The Bertz CT molecular complexity index is 448. The van der Waals surface area contributed by atoms with Crippen LogP contribution in [-0.4, -0.2) is 54.7 Å². The average Bonchev–Trinajstić information content (AvgIpc) is 2.41. The number of hydrogen-bond acceptors (Lipinski definition) is 6. The fourth-order valence-electron chi connectivity index (χ4n) is 1.66. The molecule has 0 rings (SSSR count). The number of rotatable bonds is 6. The molecule has 0 saturated carbocycles. The molecule has 7 heteroatoms. The van der Waals surface area contributed by atoms with Crippen LogP contribution in [-0.2, 0) is 19.1 Å². The first-order chi connectivity index (χ1) is 10.9.